The minimum atomic E-state index is -0.731. The molecule has 3 aromatic carbocycles. The van der Waals surface area contributed by atoms with Crippen molar-refractivity contribution in [1.82, 2.24) is 10.2 Å². The molecule has 0 aliphatic rings. The molecular weight excluding hydrogens is 495 g/mol. The largest absolute Gasteiger partial charge is 0.350 e. The van der Waals surface area contributed by atoms with Gasteiger partial charge in [0.15, 0.2) is 0 Å². The maximum absolute atomic E-state index is 13.6. The predicted molar refractivity (Wildman–Crippen MR) is 146 cm³/mol. The van der Waals surface area contributed by atoms with Crippen molar-refractivity contribution in [1.29, 1.82) is 0 Å². The summed E-state index contributed by atoms with van der Waals surface area (Å²) in [6.45, 7) is 5.93. The van der Waals surface area contributed by atoms with E-state index in [1.54, 1.807) is 17.0 Å². The van der Waals surface area contributed by atoms with Gasteiger partial charge in [-0.1, -0.05) is 72.3 Å². The summed E-state index contributed by atoms with van der Waals surface area (Å²) in [6, 6.07) is 22.5. The number of benzene rings is 3. The molecular formula is C29H32ClFN2O2S. The van der Waals surface area contributed by atoms with E-state index < -0.39 is 11.6 Å². The number of carbonyl (C=O) groups is 2. The van der Waals surface area contributed by atoms with Gasteiger partial charge < -0.3 is 10.2 Å². The first kappa shape index (κ1) is 27.8. The number of thioether (sulfide) groups is 1. The zero-order valence-electron chi connectivity index (χ0n) is 20.8. The molecule has 2 amide bonds. The summed E-state index contributed by atoms with van der Waals surface area (Å²) in [5.41, 5.74) is 2.19. The second kappa shape index (κ2) is 12.9. The first-order valence-electron chi connectivity index (χ1n) is 11.8. The van der Waals surface area contributed by atoms with E-state index in [4.69, 9.17) is 11.6 Å². The van der Waals surface area contributed by atoms with Crippen molar-refractivity contribution in [3.8, 4) is 0 Å². The normalized spacial score (nSPS) is 12.1. The van der Waals surface area contributed by atoms with Gasteiger partial charge in [0, 0.05) is 29.3 Å². The van der Waals surface area contributed by atoms with Gasteiger partial charge in [0.2, 0.25) is 11.8 Å². The van der Waals surface area contributed by atoms with E-state index in [1.807, 2.05) is 75.4 Å². The molecule has 36 heavy (non-hydrogen) atoms. The SMILES string of the molecule is CC(C)(C)NC(=O)C(Cc1ccccc1)N(Cc1ccc(F)cc1)C(=O)CSCc1ccccc1Cl. The quantitative estimate of drug-likeness (QED) is 0.339. The van der Waals surface area contributed by atoms with Crippen LogP contribution in [0.4, 0.5) is 4.39 Å². The molecule has 3 aromatic rings. The average molecular weight is 527 g/mol. The van der Waals surface area contributed by atoms with Crippen LogP contribution in [0, 0.1) is 5.82 Å². The smallest absolute Gasteiger partial charge is 0.243 e. The Labute approximate surface area is 222 Å². The molecule has 1 N–H and O–H groups in total. The van der Waals surface area contributed by atoms with Crippen molar-refractivity contribution in [2.75, 3.05) is 5.75 Å². The first-order chi connectivity index (χ1) is 17.1. The van der Waals surface area contributed by atoms with Crippen molar-refractivity contribution in [2.24, 2.45) is 0 Å². The predicted octanol–water partition coefficient (Wildman–Crippen LogP) is 6.27. The Bertz CT molecular complexity index is 1150. The summed E-state index contributed by atoms with van der Waals surface area (Å²) < 4.78 is 13.5. The summed E-state index contributed by atoms with van der Waals surface area (Å²) in [4.78, 5) is 28.7. The molecule has 4 nitrogen and oxygen atoms in total. The number of rotatable bonds is 10. The molecule has 0 radical (unpaired) electrons. The Morgan fingerprint density at radius 3 is 2.22 bits per heavy atom. The molecule has 0 aromatic heterocycles. The van der Waals surface area contributed by atoms with Crippen molar-refractivity contribution in [2.45, 2.75) is 51.1 Å². The monoisotopic (exact) mass is 526 g/mol. The number of hydrogen-bond acceptors (Lipinski definition) is 3. The van der Waals surface area contributed by atoms with Gasteiger partial charge in [-0.3, -0.25) is 9.59 Å². The zero-order chi connectivity index (χ0) is 26.1. The molecule has 0 fully saturated rings. The molecule has 0 aliphatic carbocycles. The maximum atomic E-state index is 13.6. The molecule has 0 aliphatic heterocycles. The topological polar surface area (TPSA) is 49.4 Å². The summed E-state index contributed by atoms with van der Waals surface area (Å²) in [7, 11) is 0. The zero-order valence-corrected chi connectivity index (χ0v) is 22.4. The van der Waals surface area contributed by atoms with Crippen LogP contribution in [-0.4, -0.2) is 34.0 Å². The van der Waals surface area contributed by atoms with E-state index in [0.717, 1.165) is 16.7 Å². The molecule has 190 valence electrons. The maximum Gasteiger partial charge on any atom is 0.243 e. The van der Waals surface area contributed by atoms with Crippen molar-refractivity contribution in [3.63, 3.8) is 0 Å². The molecule has 0 spiro atoms. The van der Waals surface area contributed by atoms with E-state index in [2.05, 4.69) is 5.32 Å². The number of amides is 2. The van der Waals surface area contributed by atoms with Crippen LogP contribution >= 0.6 is 23.4 Å². The fraction of sp³-hybridized carbons (Fsp3) is 0.310. The molecule has 3 rings (SSSR count). The lowest BCUT2D eigenvalue weighted by Crippen LogP contribution is -2.54. The highest BCUT2D eigenvalue weighted by atomic mass is 35.5. The van der Waals surface area contributed by atoms with Gasteiger partial charge in [0.05, 0.1) is 5.75 Å². The van der Waals surface area contributed by atoms with E-state index in [-0.39, 0.29) is 29.9 Å². The van der Waals surface area contributed by atoms with Crippen LogP contribution < -0.4 is 5.32 Å². The minimum absolute atomic E-state index is 0.165. The number of hydrogen-bond donors (Lipinski definition) is 1. The molecule has 0 heterocycles. The average Bonchev–Trinajstić information content (AvgIpc) is 2.83. The van der Waals surface area contributed by atoms with Crippen LogP contribution in [0.25, 0.3) is 0 Å². The summed E-state index contributed by atoms with van der Waals surface area (Å²) >= 11 is 7.72. The fourth-order valence-corrected chi connectivity index (χ4v) is 4.94. The van der Waals surface area contributed by atoms with Gasteiger partial charge in [-0.2, -0.15) is 0 Å². The molecule has 0 saturated carbocycles. The molecule has 1 unspecified atom stereocenters. The van der Waals surface area contributed by atoms with Crippen molar-refractivity contribution < 1.29 is 14.0 Å². The molecule has 0 saturated heterocycles. The van der Waals surface area contributed by atoms with Crippen LogP contribution in [0.2, 0.25) is 5.02 Å². The van der Waals surface area contributed by atoms with Crippen molar-refractivity contribution >= 4 is 35.2 Å². The van der Waals surface area contributed by atoms with Crippen molar-refractivity contribution in [3.05, 3.63) is 106 Å². The van der Waals surface area contributed by atoms with E-state index >= 15 is 0 Å². The van der Waals surface area contributed by atoms with Crippen LogP contribution in [0.5, 0.6) is 0 Å². The molecule has 1 atom stereocenters. The number of nitrogens with zero attached hydrogens (tertiary/aromatic N) is 1. The lowest BCUT2D eigenvalue weighted by Gasteiger charge is -2.34. The third-order valence-electron chi connectivity index (χ3n) is 5.48. The third-order valence-corrected chi connectivity index (χ3v) is 6.81. The van der Waals surface area contributed by atoms with Crippen LogP contribution in [0.15, 0.2) is 78.9 Å². The van der Waals surface area contributed by atoms with Gasteiger partial charge in [-0.15, -0.1) is 11.8 Å². The van der Waals surface area contributed by atoms with Gasteiger partial charge in [-0.25, -0.2) is 4.39 Å². The first-order valence-corrected chi connectivity index (χ1v) is 13.4. The highest BCUT2D eigenvalue weighted by molar-refractivity contribution is 7.99. The standard InChI is InChI=1S/C29H32ClFN2O2S/c1-29(2,3)32-28(35)26(17-21-9-5-4-6-10-21)33(18-22-13-15-24(31)16-14-22)27(34)20-36-19-23-11-7-8-12-25(23)30/h4-16,26H,17-20H2,1-3H3,(H,32,35). The van der Waals surface area contributed by atoms with E-state index in [0.29, 0.717) is 17.2 Å². The lowest BCUT2D eigenvalue weighted by molar-refractivity contribution is -0.140. The number of carbonyl (C=O) groups excluding carboxylic acids is 2. The summed E-state index contributed by atoms with van der Waals surface area (Å²) in [5, 5.41) is 3.70. The summed E-state index contributed by atoms with van der Waals surface area (Å²) in [5.74, 6) is 0.0194. The van der Waals surface area contributed by atoms with Crippen LogP contribution in [0.3, 0.4) is 0 Å². The number of nitrogens with one attached hydrogen (secondary N) is 1. The van der Waals surface area contributed by atoms with E-state index in [1.165, 1.54) is 23.9 Å². The highest BCUT2D eigenvalue weighted by Gasteiger charge is 2.32. The third kappa shape index (κ3) is 8.68. The molecule has 7 heteroatoms. The molecule has 0 bridgehead atoms. The van der Waals surface area contributed by atoms with Gasteiger partial charge in [0.25, 0.3) is 0 Å². The Balaban J connectivity index is 1.87. The Morgan fingerprint density at radius 2 is 1.58 bits per heavy atom. The number of halogens is 2. The lowest BCUT2D eigenvalue weighted by atomic mass is 10.0. The Hall–Kier alpha value is -2.83. The highest BCUT2D eigenvalue weighted by Crippen LogP contribution is 2.23. The second-order valence-corrected chi connectivity index (χ2v) is 11.1. The van der Waals surface area contributed by atoms with Gasteiger partial charge in [-0.05, 0) is 55.7 Å². The van der Waals surface area contributed by atoms with Crippen LogP contribution in [-0.2, 0) is 28.3 Å². The minimum Gasteiger partial charge on any atom is -0.350 e. The van der Waals surface area contributed by atoms with Gasteiger partial charge >= 0.3 is 0 Å². The Kier molecular flexibility index (Phi) is 9.97. The van der Waals surface area contributed by atoms with E-state index in [9.17, 15) is 14.0 Å². The van der Waals surface area contributed by atoms with Crippen LogP contribution in [0.1, 0.15) is 37.5 Å². The fourth-order valence-electron chi connectivity index (χ4n) is 3.74. The Morgan fingerprint density at radius 1 is 0.944 bits per heavy atom. The summed E-state index contributed by atoms with van der Waals surface area (Å²) in [6.07, 6.45) is 0.366. The second-order valence-electron chi connectivity index (χ2n) is 9.68. The van der Waals surface area contributed by atoms with Gasteiger partial charge in [0.1, 0.15) is 11.9 Å².